The number of imidazole rings is 1. The van der Waals surface area contributed by atoms with Crippen LogP contribution in [0.15, 0.2) is 30.6 Å². The molecule has 18 heavy (non-hydrogen) atoms. The molecule has 1 heterocycles. The molecule has 5 nitrogen and oxygen atoms in total. The van der Waals surface area contributed by atoms with Crippen LogP contribution in [0.2, 0.25) is 0 Å². The number of nitro groups is 1. The smallest absolute Gasteiger partial charge is 0.270 e. The van der Waals surface area contributed by atoms with Gasteiger partial charge in [0.1, 0.15) is 0 Å². The minimum atomic E-state index is -0.392. The Morgan fingerprint density at radius 3 is 2.89 bits per heavy atom. The van der Waals surface area contributed by atoms with E-state index in [-0.39, 0.29) is 5.69 Å². The summed E-state index contributed by atoms with van der Waals surface area (Å²) >= 11 is 0. The summed E-state index contributed by atoms with van der Waals surface area (Å²) in [5, 5.41) is 10.7. The van der Waals surface area contributed by atoms with Gasteiger partial charge in [0.05, 0.1) is 16.9 Å². The second kappa shape index (κ2) is 4.83. The van der Waals surface area contributed by atoms with Crippen molar-refractivity contribution < 1.29 is 4.92 Å². The third kappa shape index (κ3) is 2.45. The van der Waals surface area contributed by atoms with Crippen molar-refractivity contribution in [3.63, 3.8) is 0 Å². The van der Waals surface area contributed by atoms with Crippen molar-refractivity contribution in [3.8, 4) is 0 Å². The lowest BCUT2D eigenvalue weighted by Crippen LogP contribution is -1.89. The van der Waals surface area contributed by atoms with Crippen molar-refractivity contribution in [2.75, 3.05) is 0 Å². The van der Waals surface area contributed by atoms with Crippen LogP contribution >= 0.6 is 0 Å². The topological polar surface area (TPSA) is 71.8 Å². The summed E-state index contributed by atoms with van der Waals surface area (Å²) < 4.78 is 0. The second-order valence-corrected chi connectivity index (χ2v) is 4.05. The summed E-state index contributed by atoms with van der Waals surface area (Å²) in [6.45, 7) is 3.84. The molecule has 5 heteroatoms. The molecular weight excluding hydrogens is 230 g/mol. The third-order valence-electron chi connectivity index (χ3n) is 2.73. The van der Waals surface area contributed by atoms with Crippen molar-refractivity contribution in [1.82, 2.24) is 9.97 Å². The Labute approximate surface area is 104 Å². The number of aromatic nitrogens is 2. The molecule has 1 N–H and O–H groups in total. The average Bonchev–Trinajstić information content (AvgIpc) is 2.75. The summed E-state index contributed by atoms with van der Waals surface area (Å²) in [5.74, 6) is 0. The Bertz CT molecular complexity index is 614. The predicted octanol–water partition coefficient (Wildman–Crippen LogP) is 3.19. The SMILES string of the molecule is C/C(=C\c1nc[nH]c1C)c1cccc([N+](=O)[O-])c1. The number of hydrogen-bond donors (Lipinski definition) is 1. The van der Waals surface area contributed by atoms with Gasteiger partial charge in [0, 0.05) is 17.8 Å². The van der Waals surface area contributed by atoms with E-state index in [1.807, 2.05) is 26.0 Å². The molecule has 2 rings (SSSR count). The van der Waals surface area contributed by atoms with Crippen LogP contribution < -0.4 is 0 Å². The number of non-ortho nitro benzene ring substituents is 1. The zero-order chi connectivity index (χ0) is 13.1. The highest BCUT2D eigenvalue weighted by molar-refractivity contribution is 5.80. The normalized spacial score (nSPS) is 11.6. The molecule has 0 saturated heterocycles. The maximum Gasteiger partial charge on any atom is 0.270 e. The van der Waals surface area contributed by atoms with E-state index in [9.17, 15) is 10.1 Å². The Kier molecular flexibility index (Phi) is 3.23. The maximum atomic E-state index is 10.7. The van der Waals surface area contributed by atoms with Gasteiger partial charge in [-0.3, -0.25) is 10.1 Å². The van der Waals surface area contributed by atoms with E-state index >= 15 is 0 Å². The van der Waals surface area contributed by atoms with Crippen molar-refractivity contribution in [3.05, 3.63) is 57.7 Å². The maximum absolute atomic E-state index is 10.7. The monoisotopic (exact) mass is 243 g/mol. The molecule has 2 aromatic rings. The van der Waals surface area contributed by atoms with Gasteiger partial charge >= 0.3 is 0 Å². The molecule has 0 aliphatic heterocycles. The van der Waals surface area contributed by atoms with Gasteiger partial charge in [-0.25, -0.2) is 4.98 Å². The Balaban J connectivity index is 2.37. The molecule has 0 fully saturated rings. The van der Waals surface area contributed by atoms with Crippen LogP contribution in [-0.2, 0) is 0 Å². The van der Waals surface area contributed by atoms with Crippen molar-refractivity contribution in [2.24, 2.45) is 0 Å². The van der Waals surface area contributed by atoms with Crippen LogP contribution in [0.25, 0.3) is 11.6 Å². The number of aryl methyl sites for hydroxylation is 1. The zero-order valence-corrected chi connectivity index (χ0v) is 10.2. The molecule has 0 aliphatic carbocycles. The summed E-state index contributed by atoms with van der Waals surface area (Å²) in [6, 6.07) is 6.58. The first kappa shape index (κ1) is 12.0. The number of nitrogens with one attached hydrogen (secondary N) is 1. The number of benzene rings is 1. The molecule has 92 valence electrons. The fourth-order valence-electron chi connectivity index (χ4n) is 1.67. The third-order valence-corrected chi connectivity index (χ3v) is 2.73. The number of allylic oxidation sites excluding steroid dienone is 1. The molecule has 0 spiro atoms. The summed E-state index contributed by atoms with van der Waals surface area (Å²) in [7, 11) is 0. The minimum Gasteiger partial charge on any atom is -0.348 e. The van der Waals surface area contributed by atoms with Gasteiger partial charge in [0.15, 0.2) is 0 Å². The predicted molar refractivity (Wildman–Crippen MR) is 70.0 cm³/mol. The van der Waals surface area contributed by atoms with E-state index in [1.54, 1.807) is 18.5 Å². The van der Waals surface area contributed by atoms with E-state index < -0.39 is 4.92 Å². The van der Waals surface area contributed by atoms with Gasteiger partial charge in [-0.2, -0.15) is 0 Å². The molecule has 0 bridgehead atoms. The number of rotatable bonds is 3. The van der Waals surface area contributed by atoms with E-state index in [0.29, 0.717) is 0 Å². The standard InChI is InChI=1S/C13H13N3O2/c1-9(6-13-10(2)14-8-15-13)11-4-3-5-12(7-11)16(17)18/h3-8H,1-2H3,(H,14,15)/b9-6+. The Morgan fingerprint density at radius 2 is 2.28 bits per heavy atom. The lowest BCUT2D eigenvalue weighted by atomic mass is 10.1. The van der Waals surface area contributed by atoms with Crippen LogP contribution in [0.5, 0.6) is 0 Å². The summed E-state index contributed by atoms with van der Waals surface area (Å²) in [4.78, 5) is 17.5. The largest absolute Gasteiger partial charge is 0.348 e. The highest BCUT2D eigenvalue weighted by atomic mass is 16.6. The molecule has 0 amide bonds. The Morgan fingerprint density at radius 1 is 1.50 bits per heavy atom. The average molecular weight is 243 g/mol. The van der Waals surface area contributed by atoms with Gasteiger partial charge in [-0.1, -0.05) is 12.1 Å². The van der Waals surface area contributed by atoms with E-state index in [2.05, 4.69) is 9.97 Å². The van der Waals surface area contributed by atoms with Gasteiger partial charge in [0.2, 0.25) is 0 Å². The first-order valence-electron chi connectivity index (χ1n) is 5.51. The van der Waals surface area contributed by atoms with Gasteiger partial charge in [0.25, 0.3) is 5.69 Å². The summed E-state index contributed by atoms with van der Waals surface area (Å²) in [5.41, 5.74) is 3.68. The van der Waals surface area contributed by atoms with Crippen LogP contribution in [0.3, 0.4) is 0 Å². The molecule has 0 saturated carbocycles. The molecule has 0 aliphatic rings. The fourth-order valence-corrected chi connectivity index (χ4v) is 1.67. The number of nitrogens with zero attached hydrogens (tertiary/aromatic N) is 2. The minimum absolute atomic E-state index is 0.0963. The van der Waals surface area contributed by atoms with E-state index in [1.165, 1.54) is 6.07 Å². The first-order valence-corrected chi connectivity index (χ1v) is 5.51. The highest BCUT2D eigenvalue weighted by Crippen LogP contribution is 2.22. The number of nitro benzene ring substituents is 1. The molecule has 0 unspecified atom stereocenters. The summed E-state index contributed by atoms with van der Waals surface area (Å²) in [6.07, 6.45) is 3.53. The lowest BCUT2D eigenvalue weighted by molar-refractivity contribution is -0.384. The van der Waals surface area contributed by atoms with Crippen molar-refractivity contribution >= 4 is 17.3 Å². The van der Waals surface area contributed by atoms with Crippen molar-refractivity contribution in [1.29, 1.82) is 0 Å². The number of hydrogen-bond acceptors (Lipinski definition) is 3. The first-order chi connectivity index (χ1) is 8.58. The quantitative estimate of drug-likeness (QED) is 0.664. The highest BCUT2D eigenvalue weighted by Gasteiger charge is 2.07. The van der Waals surface area contributed by atoms with Crippen LogP contribution in [0, 0.1) is 17.0 Å². The number of H-pyrrole nitrogens is 1. The number of aromatic amines is 1. The van der Waals surface area contributed by atoms with E-state index in [0.717, 1.165) is 22.5 Å². The zero-order valence-electron chi connectivity index (χ0n) is 10.2. The second-order valence-electron chi connectivity index (χ2n) is 4.05. The molecule has 0 radical (unpaired) electrons. The van der Waals surface area contributed by atoms with Gasteiger partial charge in [-0.05, 0) is 31.1 Å². The van der Waals surface area contributed by atoms with Crippen LogP contribution in [0.4, 0.5) is 5.69 Å². The Hall–Kier alpha value is -2.43. The van der Waals surface area contributed by atoms with Gasteiger partial charge < -0.3 is 4.98 Å². The van der Waals surface area contributed by atoms with Crippen LogP contribution in [-0.4, -0.2) is 14.9 Å². The molecule has 0 atom stereocenters. The molecule has 1 aromatic carbocycles. The van der Waals surface area contributed by atoms with Gasteiger partial charge in [-0.15, -0.1) is 0 Å². The molecule has 1 aromatic heterocycles. The van der Waals surface area contributed by atoms with E-state index in [4.69, 9.17) is 0 Å². The van der Waals surface area contributed by atoms with Crippen LogP contribution in [0.1, 0.15) is 23.9 Å². The lowest BCUT2D eigenvalue weighted by Gasteiger charge is -2.01. The molecular formula is C13H13N3O2. The van der Waals surface area contributed by atoms with Crippen molar-refractivity contribution in [2.45, 2.75) is 13.8 Å². The fraction of sp³-hybridized carbons (Fsp3) is 0.154.